The van der Waals surface area contributed by atoms with Crippen molar-refractivity contribution in [1.82, 2.24) is 5.32 Å². The van der Waals surface area contributed by atoms with Crippen molar-refractivity contribution in [2.45, 2.75) is 39.3 Å². The van der Waals surface area contributed by atoms with Crippen LogP contribution in [-0.4, -0.2) is 6.54 Å². The molecule has 0 heterocycles. The highest BCUT2D eigenvalue weighted by Crippen LogP contribution is 2.23. The van der Waals surface area contributed by atoms with Crippen LogP contribution in [0.25, 0.3) is 0 Å². The van der Waals surface area contributed by atoms with Crippen LogP contribution in [0.4, 0.5) is 0 Å². The third-order valence-electron chi connectivity index (χ3n) is 3.53. The molecule has 1 N–H and O–H groups in total. The van der Waals surface area contributed by atoms with E-state index >= 15 is 0 Å². The topological polar surface area (TPSA) is 21.3 Å². The first-order chi connectivity index (χ1) is 10.8. The highest BCUT2D eigenvalue weighted by atomic mass is 35.5. The zero-order valence-corrected chi connectivity index (χ0v) is 13.9. The predicted molar refractivity (Wildman–Crippen MR) is 93.5 cm³/mol. The molecule has 22 heavy (non-hydrogen) atoms. The first-order valence-corrected chi connectivity index (χ1v) is 8.33. The SMILES string of the molecule is CCCCCNCc1cc(Cl)ccc1OCc1ccccc1. The van der Waals surface area contributed by atoms with Crippen molar-refractivity contribution in [2.24, 2.45) is 0 Å². The van der Waals surface area contributed by atoms with Gasteiger partial charge in [-0.1, -0.05) is 61.7 Å². The molecule has 0 radical (unpaired) electrons. The lowest BCUT2D eigenvalue weighted by Gasteiger charge is -2.13. The van der Waals surface area contributed by atoms with Gasteiger partial charge in [-0.25, -0.2) is 0 Å². The Morgan fingerprint density at radius 2 is 1.86 bits per heavy atom. The van der Waals surface area contributed by atoms with Crippen LogP contribution in [0.5, 0.6) is 5.75 Å². The Hall–Kier alpha value is -1.51. The molecule has 2 aromatic carbocycles. The fourth-order valence-electron chi connectivity index (χ4n) is 2.29. The minimum Gasteiger partial charge on any atom is -0.489 e. The average molecular weight is 318 g/mol. The standard InChI is InChI=1S/C19H24ClNO/c1-2-3-7-12-21-14-17-13-18(20)10-11-19(17)22-15-16-8-5-4-6-9-16/h4-6,8-11,13,21H,2-3,7,12,14-15H2,1H3. The van der Waals surface area contributed by atoms with Crippen molar-refractivity contribution in [3.8, 4) is 5.75 Å². The van der Waals surface area contributed by atoms with Gasteiger partial charge < -0.3 is 10.1 Å². The number of unbranched alkanes of at least 4 members (excludes halogenated alkanes) is 2. The van der Waals surface area contributed by atoms with Gasteiger partial charge in [-0.3, -0.25) is 0 Å². The summed E-state index contributed by atoms with van der Waals surface area (Å²) in [4.78, 5) is 0. The van der Waals surface area contributed by atoms with E-state index < -0.39 is 0 Å². The van der Waals surface area contributed by atoms with Crippen LogP contribution in [0.3, 0.4) is 0 Å². The van der Waals surface area contributed by atoms with Gasteiger partial charge in [0.15, 0.2) is 0 Å². The average Bonchev–Trinajstić information content (AvgIpc) is 2.55. The van der Waals surface area contributed by atoms with Crippen molar-refractivity contribution in [3.05, 3.63) is 64.7 Å². The van der Waals surface area contributed by atoms with Gasteiger partial charge in [0.2, 0.25) is 0 Å². The summed E-state index contributed by atoms with van der Waals surface area (Å²) in [5, 5.41) is 4.21. The lowest BCUT2D eigenvalue weighted by Crippen LogP contribution is -2.15. The van der Waals surface area contributed by atoms with E-state index in [4.69, 9.17) is 16.3 Å². The van der Waals surface area contributed by atoms with Crippen LogP contribution in [0, 0.1) is 0 Å². The van der Waals surface area contributed by atoms with Crippen LogP contribution in [-0.2, 0) is 13.2 Å². The van der Waals surface area contributed by atoms with Gasteiger partial charge >= 0.3 is 0 Å². The van der Waals surface area contributed by atoms with E-state index in [9.17, 15) is 0 Å². The molecule has 0 atom stereocenters. The smallest absolute Gasteiger partial charge is 0.124 e. The maximum absolute atomic E-state index is 6.11. The van der Waals surface area contributed by atoms with Crippen molar-refractivity contribution in [3.63, 3.8) is 0 Å². The van der Waals surface area contributed by atoms with Crippen LogP contribution in [0.15, 0.2) is 48.5 Å². The van der Waals surface area contributed by atoms with Crippen LogP contribution < -0.4 is 10.1 Å². The maximum Gasteiger partial charge on any atom is 0.124 e. The third-order valence-corrected chi connectivity index (χ3v) is 3.77. The van der Waals surface area contributed by atoms with Gasteiger partial charge in [0.05, 0.1) is 0 Å². The van der Waals surface area contributed by atoms with Crippen molar-refractivity contribution in [2.75, 3.05) is 6.54 Å². The molecular formula is C19H24ClNO. The number of hydrogen-bond acceptors (Lipinski definition) is 2. The van der Waals surface area contributed by atoms with Crippen LogP contribution >= 0.6 is 11.6 Å². The second-order valence-electron chi connectivity index (χ2n) is 5.41. The summed E-state index contributed by atoms with van der Waals surface area (Å²) in [6.07, 6.45) is 3.71. The molecule has 0 aromatic heterocycles. The first-order valence-electron chi connectivity index (χ1n) is 7.95. The fourth-order valence-corrected chi connectivity index (χ4v) is 2.48. The molecule has 0 saturated carbocycles. The fraction of sp³-hybridized carbons (Fsp3) is 0.368. The molecule has 0 fully saturated rings. The summed E-state index contributed by atoms with van der Waals surface area (Å²) in [6, 6.07) is 16.0. The highest BCUT2D eigenvalue weighted by Gasteiger charge is 2.05. The number of halogens is 1. The molecule has 118 valence electrons. The number of ether oxygens (including phenoxy) is 1. The third kappa shape index (κ3) is 5.70. The molecule has 3 heteroatoms. The maximum atomic E-state index is 6.11. The lowest BCUT2D eigenvalue weighted by atomic mass is 10.2. The molecule has 0 bridgehead atoms. The second-order valence-corrected chi connectivity index (χ2v) is 5.85. The Bertz CT molecular complexity index is 557. The summed E-state index contributed by atoms with van der Waals surface area (Å²) in [5.74, 6) is 0.899. The Kier molecular flexibility index (Phi) is 7.27. The molecule has 2 nitrogen and oxygen atoms in total. The first kappa shape index (κ1) is 16.9. The van der Waals surface area contributed by atoms with E-state index in [1.54, 1.807) is 0 Å². The highest BCUT2D eigenvalue weighted by molar-refractivity contribution is 6.30. The molecule has 0 aliphatic heterocycles. The summed E-state index contributed by atoms with van der Waals surface area (Å²) in [5.41, 5.74) is 2.28. The van der Waals surface area contributed by atoms with E-state index in [1.807, 2.05) is 36.4 Å². The zero-order valence-electron chi connectivity index (χ0n) is 13.1. The predicted octanol–water partition coefficient (Wildman–Crippen LogP) is 5.20. The number of benzene rings is 2. The zero-order chi connectivity index (χ0) is 15.6. The Morgan fingerprint density at radius 3 is 2.64 bits per heavy atom. The normalized spacial score (nSPS) is 10.6. The molecular weight excluding hydrogens is 294 g/mol. The molecule has 0 aliphatic carbocycles. The summed E-state index contributed by atoms with van der Waals surface area (Å²) < 4.78 is 5.96. The molecule has 0 aliphatic rings. The monoisotopic (exact) mass is 317 g/mol. The number of nitrogens with one attached hydrogen (secondary N) is 1. The Balaban J connectivity index is 1.92. The van der Waals surface area contributed by atoms with E-state index in [2.05, 4.69) is 24.4 Å². The number of rotatable bonds is 9. The molecule has 0 amide bonds. The molecule has 0 saturated heterocycles. The lowest BCUT2D eigenvalue weighted by molar-refractivity contribution is 0.302. The quantitative estimate of drug-likeness (QED) is 0.642. The van der Waals surface area contributed by atoms with E-state index in [0.717, 1.165) is 29.4 Å². The van der Waals surface area contributed by atoms with Crippen molar-refractivity contribution < 1.29 is 4.74 Å². The van der Waals surface area contributed by atoms with Crippen molar-refractivity contribution >= 4 is 11.6 Å². The van der Waals surface area contributed by atoms with E-state index in [1.165, 1.54) is 24.8 Å². The number of hydrogen-bond donors (Lipinski definition) is 1. The minimum atomic E-state index is 0.575. The molecule has 0 unspecified atom stereocenters. The molecule has 2 aromatic rings. The van der Waals surface area contributed by atoms with E-state index in [-0.39, 0.29) is 0 Å². The van der Waals surface area contributed by atoms with Crippen LogP contribution in [0.1, 0.15) is 37.3 Å². The summed E-state index contributed by atoms with van der Waals surface area (Å²) in [7, 11) is 0. The van der Waals surface area contributed by atoms with Gasteiger partial charge in [-0.15, -0.1) is 0 Å². The molecule has 0 spiro atoms. The van der Waals surface area contributed by atoms with E-state index in [0.29, 0.717) is 6.61 Å². The molecule has 2 rings (SSSR count). The summed E-state index contributed by atoms with van der Waals surface area (Å²) >= 11 is 6.11. The minimum absolute atomic E-state index is 0.575. The van der Waals surface area contributed by atoms with Gasteiger partial charge in [-0.2, -0.15) is 0 Å². The largest absolute Gasteiger partial charge is 0.489 e. The second kappa shape index (κ2) is 9.50. The van der Waals surface area contributed by atoms with Gasteiger partial charge in [0, 0.05) is 17.1 Å². The van der Waals surface area contributed by atoms with Crippen LogP contribution in [0.2, 0.25) is 5.02 Å². The Labute approximate surface area is 138 Å². The van der Waals surface area contributed by atoms with Gasteiger partial charge in [0.25, 0.3) is 0 Å². The van der Waals surface area contributed by atoms with Gasteiger partial charge in [0.1, 0.15) is 12.4 Å². The van der Waals surface area contributed by atoms with Crippen molar-refractivity contribution in [1.29, 1.82) is 0 Å². The summed E-state index contributed by atoms with van der Waals surface area (Å²) in [6.45, 7) is 4.60. The Morgan fingerprint density at radius 1 is 1.05 bits per heavy atom. The van der Waals surface area contributed by atoms with Gasteiger partial charge in [-0.05, 0) is 36.7 Å².